The maximum atomic E-state index is 3.63. The largest absolute Gasteiger partial charge is 0.310 e. The van der Waals surface area contributed by atoms with Crippen molar-refractivity contribution in [2.75, 3.05) is 6.54 Å². The SMILES string of the molecule is Brc1cc(C2CCCCCN2)c(Br)s1. The van der Waals surface area contributed by atoms with Gasteiger partial charge >= 0.3 is 0 Å². The summed E-state index contributed by atoms with van der Waals surface area (Å²) in [7, 11) is 0. The van der Waals surface area contributed by atoms with Gasteiger partial charge in [-0.05, 0) is 62.9 Å². The van der Waals surface area contributed by atoms with E-state index in [1.807, 2.05) is 0 Å². The third-order valence-corrected chi connectivity index (χ3v) is 5.00. The van der Waals surface area contributed by atoms with E-state index in [4.69, 9.17) is 0 Å². The minimum absolute atomic E-state index is 0.550. The van der Waals surface area contributed by atoms with Crippen LogP contribution in [0, 0.1) is 0 Å². The summed E-state index contributed by atoms with van der Waals surface area (Å²) in [5.41, 5.74) is 1.42. The van der Waals surface area contributed by atoms with Gasteiger partial charge < -0.3 is 5.32 Å². The van der Waals surface area contributed by atoms with E-state index >= 15 is 0 Å². The molecule has 1 N–H and O–H groups in total. The Morgan fingerprint density at radius 1 is 1.29 bits per heavy atom. The van der Waals surface area contributed by atoms with Gasteiger partial charge in [0, 0.05) is 6.04 Å². The number of halogens is 2. The standard InChI is InChI=1S/C10H13Br2NS/c11-9-6-7(10(12)14-9)8-4-2-1-3-5-13-8/h6,8,13H,1-5H2. The number of hydrogen-bond donors (Lipinski definition) is 1. The molecular weight excluding hydrogens is 326 g/mol. The molecule has 1 aliphatic heterocycles. The van der Waals surface area contributed by atoms with Crippen molar-refractivity contribution in [2.24, 2.45) is 0 Å². The average Bonchev–Trinajstić information content (AvgIpc) is 2.43. The van der Waals surface area contributed by atoms with E-state index in [0.29, 0.717) is 6.04 Å². The molecule has 0 amide bonds. The van der Waals surface area contributed by atoms with Crippen molar-refractivity contribution in [2.45, 2.75) is 31.7 Å². The average molecular weight is 339 g/mol. The Morgan fingerprint density at radius 3 is 2.86 bits per heavy atom. The van der Waals surface area contributed by atoms with Crippen LogP contribution in [-0.4, -0.2) is 6.54 Å². The first-order chi connectivity index (χ1) is 6.77. The second kappa shape index (κ2) is 5.10. The number of thiophene rings is 1. The molecule has 0 aliphatic carbocycles. The molecule has 2 heterocycles. The van der Waals surface area contributed by atoms with Crippen LogP contribution < -0.4 is 5.32 Å². The van der Waals surface area contributed by atoms with Crippen molar-refractivity contribution in [1.82, 2.24) is 5.32 Å². The molecule has 0 saturated carbocycles. The van der Waals surface area contributed by atoms with Gasteiger partial charge in [0.1, 0.15) is 0 Å². The van der Waals surface area contributed by atoms with Crippen LogP contribution in [0.1, 0.15) is 37.3 Å². The number of nitrogens with one attached hydrogen (secondary N) is 1. The number of rotatable bonds is 1. The van der Waals surface area contributed by atoms with Crippen LogP contribution in [-0.2, 0) is 0 Å². The maximum Gasteiger partial charge on any atom is 0.0758 e. The topological polar surface area (TPSA) is 12.0 Å². The monoisotopic (exact) mass is 337 g/mol. The highest BCUT2D eigenvalue weighted by Gasteiger charge is 2.17. The lowest BCUT2D eigenvalue weighted by Crippen LogP contribution is -2.19. The van der Waals surface area contributed by atoms with Crippen molar-refractivity contribution < 1.29 is 0 Å². The predicted octanol–water partition coefficient (Wildman–Crippen LogP) is 4.48. The molecule has 0 radical (unpaired) electrons. The predicted molar refractivity (Wildman–Crippen MR) is 68.9 cm³/mol. The van der Waals surface area contributed by atoms with Gasteiger partial charge in [0.2, 0.25) is 0 Å². The summed E-state index contributed by atoms with van der Waals surface area (Å²) in [6, 6.07) is 2.78. The number of hydrogen-bond acceptors (Lipinski definition) is 2. The van der Waals surface area contributed by atoms with Crippen LogP contribution in [0.15, 0.2) is 13.6 Å². The zero-order valence-electron chi connectivity index (χ0n) is 7.85. The second-order valence-corrected chi connectivity index (χ2v) is 7.38. The molecule has 1 nitrogen and oxygen atoms in total. The van der Waals surface area contributed by atoms with Crippen molar-refractivity contribution >= 4 is 43.2 Å². The minimum atomic E-state index is 0.550. The van der Waals surface area contributed by atoms with Crippen LogP contribution in [0.4, 0.5) is 0 Å². The molecule has 0 bridgehead atoms. The molecule has 2 rings (SSSR count). The van der Waals surface area contributed by atoms with Crippen molar-refractivity contribution in [1.29, 1.82) is 0 Å². The lowest BCUT2D eigenvalue weighted by atomic mass is 10.1. The summed E-state index contributed by atoms with van der Waals surface area (Å²) in [6.45, 7) is 1.16. The van der Waals surface area contributed by atoms with E-state index in [2.05, 4.69) is 43.2 Å². The molecule has 0 spiro atoms. The molecule has 0 aromatic carbocycles. The summed E-state index contributed by atoms with van der Waals surface area (Å²) in [5.74, 6) is 0. The van der Waals surface area contributed by atoms with Crippen molar-refractivity contribution in [3.8, 4) is 0 Å². The molecular formula is C10H13Br2NS. The molecule has 1 unspecified atom stereocenters. The normalized spacial score (nSPS) is 23.4. The molecule has 1 aliphatic rings. The molecule has 1 aromatic rings. The Hall–Kier alpha value is 0.620. The van der Waals surface area contributed by atoms with Crippen LogP contribution in [0.2, 0.25) is 0 Å². The molecule has 1 aromatic heterocycles. The van der Waals surface area contributed by atoms with Gasteiger partial charge in [-0.15, -0.1) is 11.3 Å². The van der Waals surface area contributed by atoms with Crippen molar-refractivity contribution in [3.05, 3.63) is 19.2 Å². The van der Waals surface area contributed by atoms with Crippen LogP contribution >= 0.6 is 43.2 Å². The Kier molecular flexibility index (Phi) is 4.05. The van der Waals surface area contributed by atoms with Crippen LogP contribution in [0.3, 0.4) is 0 Å². The lowest BCUT2D eigenvalue weighted by molar-refractivity contribution is 0.534. The molecule has 78 valence electrons. The Labute approximate surface area is 106 Å². The van der Waals surface area contributed by atoms with E-state index < -0.39 is 0 Å². The van der Waals surface area contributed by atoms with Gasteiger partial charge in [-0.25, -0.2) is 0 Å². The molecule has 4 heteroatoms. The quantitative estimate of drug-likeness (QED) is 0.796. The smallest absolute Gasteiger partial charge is 0.0758 e. The van der Waals surface area contributed by atoms with E-state index in [1.54, 1.807) is 11.3 Å². The maximum absolute atomic E-state index is 3.63. The summed E-state index contributed by atoms with van der Waals surface area (Å²) in [6.07, 6.45) is 5.30. The minimum Gasteiger partial charge on any atom is -0.310 e. The fraction of sp³-hybridized carbons (Fsp3) is 0.600. The van der Waals surface area contributed by atoms with Gasteiger partial charge in [-0.3, -0.25) is 0 Å². The fourth-order valence-corrected chi connectivity index (χ4v) is 4.86. The third-order valence-electron chi connectivity index (χ3n) is 2.62. The third kappa shape index (κ3) is 2.60. The summed E-state index contributed by atoms with van der Waals surface area (Å²) >= 11 is 8.92. The Bertz CT molecular complexity index is 303. The van der Waals surface area contributed by atoms with Gasteiger partial charge in [0.05, 0.1) is 7.57 Å². The first-order valence-electron chi connectivity index (χ1n) is 4.95. The van der Waals surface area contributed by atoms with Gasteiger partial charge in [-0.1, -0.05) is 12.8 Å². The first-order valence-corrected chi connectivity index (χ1v) is 7.36. The van der Waals surface area contributed by atoms with Gasteiger partial charge in [-0.2, -0.15) is 0 Å². The fourth-order valence-electron chi connectivity index (χ4n) is 1.88. The first kappa shape index (κ1) is 11.1. The molecule has 1 saturated heterocycles. The van der Waals surface area contributed by atoms with E-state index in [-0.39, 0.29) is 0 Å². The van der Waals surface area contributed by atoms with E-state index in [1.165, 1.54) is 38.8 Å². The Balaban J connectivity index is 2.15. The summed E-state index contributed by atoms with van der Waals surface area (Å²) in [4.78, 5) is 0. The molecule has 1 atom stereocenters. The van der Waals surface area contributed by atoms with E-state index in [0.717, 1.165) is 6.54 Å². The summed E-state index contributed by atoms with van der Waals surface area (Å²) < 4.78 is 2.48. The second-order valence-electron chi connectivity index (χ2n) is 3.64. The highest BCUT2D eigenvalue weighted by molar-refractivity contribution is 9.12. The van der Waals surface area contributed by atoms with Crippen LogP contribution in [0.5, 0.6) is 0 Å². The lowest BCUT2D eigenvalue weighted by Gasteiger charge is -2.14. The van der Waals surface area contributed by atoms with E-state index in [9.17, 15) is 0 Å². The van der Waals surface area contributed by atoms with Crippen LogP contribution in [0.25, 0.3) is 0 Å². The molecule has 14 heavy (non-hydrogen) atoms. The van der Waals surface area contributed by atoms with Gasteiger partial charge in [0.15, 0.2) is 0 Å². The van der Waals surface area contributed by atoms with Gasteiger partial charge in [0.25, 0.3) is 0 Å². The Morgan fingerprint density at radius 2 is 2.14 bits per heavy atom. The summed E-state index contributed by atoms with van der Waals surface area (Å²) in [5, 5.41) is 3.61. The highest BCUT2D eigenvalue weighted by atomic mass is 79.9. The van der Waals surface area contributed by atoms with Crippen molar-refractivity contribution in [3.63, 3.8) is 0 Å². The molecule has 1 fully saturated rings. The zero-order chi connectivity index (χ0) is 9.97. The zero-order valence-corrected chi connectivity index (χ0v) is 11.8. The highest BCUT2D eigenvalue weighted by Crippen LogP contribution is 2.37.